The summed E-state index contributed by atoms with van der Waals surface area (Å²) in [5.41, 5.74) is 6.19. The lowest BCUT2D eigenvalue weighted by atomic mass is 10.0. The molecular formula is C12H16BrClN2O. The van der Waals surface area contributed by atoms with E-state index in [0.29, 0.717) is 17.4 Å². The van der Waals surface area contributed by atoms with Crippen molar-refractivity contribution in [3.63, 3.8) is 0 Å². The Balaban J connectivity index is 2.78. The molecule has 1 aromatic carbocycles. The molecule has 1 aromatic rings. The highest BCUT2D eigenvalue weighted by Crippen LogP contribution is 2.26. The zero-order valence-corrected chi connectivity index (χ0v) is 12.2. The number of hydrogen-bond acceptors (Lipinski definition) is 2. The van der Waals surface area contributed by atoms with Crippen LogP contribution in [0.25, 0.3) is 0 Å². The lowest BCUT2D eigenvalue weighted by molar-refractivity contribution is -0.119. The van der Waals surface area contributed by atoms with Gasteiger partial charge in [0.25, 0.3) is 0 Å². The standard InChI is InChI=1S/C12H16BrClN2O/c1-7(2)5-11(12(15)17)16-8-3-4-10(14)9(13)6-8/h3-4,6-7,11,16H,5H2,1-2H3,(H2,15,17). The van der Waals surface area contributed by atoms with E-state index in [0.717, 1.165) is 10.2 Å². The predicted molar refractivity (Wildman–Crippen MR) is 75.2 cm³/mol. The molecular weight excluding hydrogens is 304 g/mol. The van der Waals surface area contributed by atoms with E-state index < -0.39 is 0 Å². The van der Waals surface area contributed by atoms with Crippen LogP contribution in [0.1, 0.15) is 20.3 Å². The van der Waals surface area contributed by atoms with Gasteiger partial charge in [-0.3, -0.25) is 4.79 Å². The zero-order chi connectivity index (χ0) is 13.0. The summed E-state index contributed by atoms with van der Waals surface area (Å²) in [6.45, 7) is 4.10. The Kier molecular flexibility index (Phi) is 5.28. The second kappa shape index (κ2) is 6.26. The summed E-state index contributed by atoms with van der Waals surface area (Å²) in [5.74, 6) is 0.0560. The quantitative estimate of drug-likeness (QED) is 0.874. The van der Waals surface area contributed by atoms with E-state index >= 15 is 0 Å². The van der Waals surface area contributed by atoms with Crippen LogP contribution >= 0.6 is 27.5 Å². The van der Waals surface area contributed by atoms with E-state index in [-0.39, 0.29) is 11.9 Å². The SMILES string of the molecule is CC(C)CC(Nc1ccc(Cl)c(Br)c1)C(N)=O. The molecule has 0 radical (unpaired) electrons. The number of carbonyl (C=O) groups excluding carboxylic acids is 1. The summed E-state index contributed by atoms with van der Waals surface area (Å²) in [5, 5.41) is 3.75. The maximum absolute atomic E-state index is 11.3. The van der Waals surface area contributed by atoms with Crippen molar-refractivity contribution in [2.45, 2.75) is 26.3 Å². The van der Waals surface area contributed by atoms with Crippen LogP contribution in [0.15, 0.2) is 22.7 Å². The van der Waals surface area contributed by atoms with Crippen LogP contribution in [0.3, 0.4) is 0 Å². The number of benzene rings is 1. The third-order valence-corrected chi connectivity index (χ3v) is 3.52. The van der Waals surface area contributed by atoms with Crippen LogP contribution in [-0.2, 0) is 4.79 Å². The molecule has 0 saturated heterocycles. The van der Waals surface area contributed by atoms with Crippen LogP contribution in [0.4, 0.5) is 5.69 Å². The van der Waals surface area contributed by atoms with Crippen molar-refractivity contribution in [2.75, 3.05) is 5.32 Å². The van der Waals surface area contributed by atoms with Crippen LogP contribution < -0.4 is 11.1 Å². The molecule has 1 rings (SSSR count). The summed E-state index contributed by atoms with van der Waals surface area (Å²) < 4.78 is 0.789. The smallest absolute Gasteiger partial charge is 0.239 e. The van der Waals surface area contributed by atoms with Gasteiger partial charge in [-0.1, -0.05) is 25.4 Å². The van der Waals surface area contributed by atoms with Crippen LogP contribution in [0.2, 0.25) is 5.02 Å². The third kappa shape index (κ3) is 4.56. The Labute approximate surface area is 115 Å². The van der Waals surface area contributed by atoms with Crippen molar-refractivity contribution in [3.05, 3.63) is 27.7 Å². The second-order valence-electron chi connectivity index (χ2n) is 4.36. The second-order valence-corrected chi connectivity index (χ2v) is 5.62. The van der Waals surface area contributed by atoms with E-state index in [1.54, 1.807) is 6.07 Å². The fraction of sp³-hybridized carbons (Fsp3) is 0.417. The average Bonchev–Trinajstić information content (AvgIpc) is 2.21. The molecule has 0 spiro atoms. The fourth-order valence-corrected chi connectivity index (χ4v) is 2.00. The van der Waals surface area contributed by atoms with Crippen molar-refractivity contribution in [2.24, 2.45) is 11.7 Å². The maximum atomic E-state index is 11.3. The molecule has 0 aliphatic heterocycles. The molecule has 0 aromatic heterocycles. The van der Waals surface area contributed by atoms with Crippen molar-refractivity contribution < 1.29 is 4.79 Å². The topological polar surface area (TPSA) is 55.1 Å². The zero-order valence-electron chi connectivity index (χ0n) is 9.84. The van der Waals surface area contributed by atoms with E-state index in [1.165, 1.54) is 0 Å². The minimum atomic E-state index is -0.358. The Morgan fingerprint density at radius 3 is 2.65 bits per heavy atom. The van der Waals surface area contributed by atoms with Gasteiger partial charge in [0.05, 0.1) is 5.02 Å². The molecule has 0 bridgehead atoms. The Hall–Kier alpha value is -0.740. The van der Waals surface area contributed by atoms with Crippen LogP contribution in [0.5, 0.6) is 0 Å². The van der Waals surface area contributed by atoms with E-state index in [2.05, 4.69) is 35.1 Å². The molecule has 3 N–H and O–H groups in total. The number of halogens is 2. The first-order valence-electron chi connectivity index (χ1n) is 5.41. The largest absolute Gasteiger partial charge is 0.374 e. The molecule has 5 heteroatoms. The molecule has 1 amide bonds. The molecule has 17 heavy (non-hydrogen) atoms. The lowest BCUT2D eigenvalue weighted by Gasteiger charge is -2.18. The highest BCUT2D eigenvalue weighted by atomic mass is 79.9. The number of rotatable bonds is 5. The van der Waals surface area contributed by atoms with Gasteiger partial charge in [-0.15, -0.1) is 0 Å². The van der Waals surface area contributed by atoms with Crippen LogP contribution in [0, 0.1) is 5.92 Å². The molecule has 1 unspecified atom stereocenters. The summed E-state index contributed by atoms with van der Waals surface area (Å²) >= 11 is 9.23. The summed E-state index contributed by atoms with van der Waals surface area (Å²) in [6.07, 6.45) is 0.704. The first-order valence-corrected chi connectivity index (χ1v) is 6.58. The molecule has 3 nitrogen and oxygen atoms in total. The predicted octanol–water partition coefficient (Wildman–Crippen LogP) is 3.41. The summed E-state index contributed by atoms with van der Waals surface area (Å²) in [7, 11) is 0. The number of anilines is 1. The maximum Gasteiger partial charge on any atom is 0.239 e. The lowest BCUT2D eigenvalue weighted by Crippen LogP contribution is -2.36. The van der Waals surface area contributed by atoms with Gasteiger partial charge in [-0.25, -0.2) is 0 Å². The van der Waals surface area contributed by atoms with Crippen LogP contribution in [-0.4, -0.2) is 11.9 Å². The number of nitrogens with two attached hydrogens (primary N) is 1. The minimum absolute atomic E-state index is 0.343. The Bertz CT molecular complexity index is 409. The highest BCUT2D eigenvalue weighted by Gasteiger charge is 2.16. The van der Waals surface area contributed by atoms with Gasteiger partial charge >= 0.3 is 0 Å². The molecule has 0 fully saturated rings. The van der Waals surface area contributed by atoms with Gasteiger partial charge in [-0.2, -0.15) is 0 Å². The first kappa shape index (κ1) is 14.3. The van der Waals surface area contributed by atoms with Crippen molar-refractivity contribution >= 4 is 39.1 Å². The minimum Gasteiger partial charge on any atom is -0.374 e. The summed E-state index contributed by atoms with van der Waals surface area (Å²) in [6, 6.07) is 5.06. The molecule has 0 saturated carbocycles. The van der Waals surface area contributed by atoms with Gasteiger partial charge in [0, 0.05) is 10.2 Å². The van der Waals surface area contributed by atoms with Crippen molar-refractivity contribution in [1.29, 1.82) is 0 Å². The molecule has 94 valence electrons. The molecule has 0 aliphatic carbocycles. The van der Waals surface area contributed by atoms with Crippen molar-refractivity contribution in [3.8, 4) is 0 Å². The fourth-order valence-electron chi connectivity index (χ4n) is 1.50. The van der Waals surface area contributed by atoms with Gasteiger partial charge in [0.1, 0.15) is 6.04 Å². The normalized spacial score (nSPS) is 12.5. The first-order chi connectivity index (χ1) is 7.90. The molecule has 0 aliphatic rings. The average molecular weight is 320 g/mol. The van der Waals surface area contributed by atoms with E-state index in [4.69, 9.17) is 17.3 Å². The number of amides is 1. The highest BCUT2D eigenvalue weighted by molar-refractivity contribution is 9.10. The van der Waals surface area contributed by atoms with E-state index in [1.807, 2.05) is 12.1 Å². The van der Waals surface area contributed by atoms with Gasteiger partial charge in [0.15, 0.2) is 0 Å². The third-order valence-electron chi connectivity index (χ3n) is 2.31. The van der Waals surface area contributed by atoms with Gasteiger partial charge < -0.3 is 11.1 Å². The number of carbonyl (C=O) groups is 1. The molecule has 0 heterocycles. The Morgan fingerprint density at radius 2 is 2.18 bits per heavy atom. The summed E-state index contributed by atoms with van der Waals surface area (Å²) in [4.78, 5) is 11.3. The van der Waals surface area contributed by atoms with Gasteiger partial charge in [0.2, 0.25) is 5.91 Å². The monoisotopic (exact) mass is 318 g/mol. The number of primary amides is 1. The van der Waals surface area contributed by atoms with Crippen molar-refractivity contribution in [1.82, 2.24) is 0 Å². The van der Waals surface area contributed by atoms with E-state index in [9.17, 15) is 4.79 Å². The number of nitrogens with one attached hydrogen (secondary N) is 1. The Morgan fingerprint density at radius 1 is 1.53 bits per heavy atom. The van der Waals surface area contributed by atoms with Gasteiger partial charge in [-0.05, 0) is 46.5 Å². The number of hydrogen-bond donors (Lipinski definition) is 2. The molecule has 1 atom stereocenters.